The number of nitrogens with zero attached hydrogens (tertiary/aromatic N) is 1. The van der Waals surface area contributed by atoms with Crippen LogP contribution in [0.2, 0.25) is 0 Å². The van der Waals surface area contributed by atoms with Crippen molar-refractivity contribution >= 4 is 5.69 Å². The van der Waals surface area contributed by atoms with Gasteiger partial charge in [-0.05, 0) is 32.9 Å². The standard InChI is InChI=1S/C14H21NO5/c1-4-18-14(19-5-2)8-9-20-12-6-7-13(15(16)17)11(3)10-12/h6-7,10,14H,4-5,8-9H2,1-3H3. The molecule has 0 unspecified atom stereocenters. The van der Waals surface area contributed by atoms with Gasteiger partial charge in [-0.25, -0.2) is 0 Å². The molecule has 0 aliphatic carbocycles. The fraction of sp³-hybridized carbons (Fsp3) is 0.571. The molecule has 0 saturated carbocycles. The molecular formula is C14H21NO5. The molecule has 6 nitrogen and oxygen atoms in total. The summed E-state index contributed by atoms with van der Waals surface area (Å²) in [4.78, 5) is 10.3. The van der Waals surface area contributed by atoms with E-state index in [1.54, 1.807) is 19.1 Å². The Morgan fingerprint density at radius 1 is 1.25 bits per heavy atom. The van der Waals surface area contributed by atoms with E-state index in [0.29, 0.717) is 37.6 Å². The fourth-order valence-electron chi connectivity index (χ4n) is 1.78. The molecule has 0 aliphatic rings. The molecule has 0 spiro atoms. The van der Waals surface area contributed by atoms with Crippen LogP contribution in [0.3, 0.4) is 0 Å². The summed E-state index contributed by atoms with van der Waals surface area (Å²) in [5, 5.41) is 10.7. The summed E-state index contributed by atoms with van der Waals surface area (Å²) >= 11 is 0. The second kappa shape index (κ2) is 8.50. The number of hydrogen-bond donors (Lipinski definition) is 0. The van der Waals surface area contributed by atoms with Gasteiger partial charge < -0.3 is 14.2 Å². The summed E-state index contributed by atoms with van der Waals surface area (Å²) in [6.07, 6.45) is 0.335. The van der Waals surface area contributed by atoms with E-state index in [1.165, 1.54) is 6.07 Å². The van der Waals surface area contributed by atoms with E-state index in [9.17, 15) is 10.1 Å². The highest BCUT2D eigenvalue weighted by Crippen LogP contribution is 2.23. The van der Waals surface area contributed by atoms with Gasteiger partial charge in [-0.1, -0.05) is 0 Å². The van der Waals surface area contributed by atoms with Crippen LogP contribution in [0, 0.1) is 17.0 Å². The van der Waals surface area contributed by atoms with E-state index in [0.717, 1.165) is 0 Å². The maximum absolute atomic E-state index is 10.7. The Kier molecular flexibility index (Phi) is 6.97. The van der Waals surface area contributed by atoms with Crippen molar-refractivity contribution in [3.05, 3.63) is 33.9 Å². The molecular weight excluding hydrogens is 262 g/mol. The molecule has 0 heterocycles. The summed E-state index contributed by atoms with van der Waals surface area (Å²) < 4.78 is 16.4. The second-order valence-electron chi connectivity index (χ2n) is 4.18. The van der Waals surface area contributed by atoms with Crippen LogP contribution in [0.1, 0.15) is 25.8 Å². The van der Waals surface area contributed by atoms with Crippen LogP contribution in [0.25, 0.3) is 0 Å². The molecule has 0 bridgehead atoms. The minimum Gasteiger partial charge on any atom is -0.493 e. The molecule has 0 saturated heterocycles. The summed E-state index contributed by atoms with van der Waals surface area (Å²) in [6, 6.07) is 4.71. The molecule has 20 heavy (non-hydrogen) atoms. The van der Waals surface area contributed by atoms with Crippen LogP contribution >= 0.6 is 0 Å². The minimum atomic E-state index is -0.403. The van der Waals surface area contributed by atoms with Crippen molar-refractivity contribution in [2.24, 2.45) is 0 Å². The number of benzene rings is 1. The van der Waals surface area contributed by atoms with E-state index in [1.807, 2.05) is 13.8 Å². The highest BCUT2D eigenvalue weighted by molar-refractivity contribution is 5.44. The number of nitro benzene ring substituents is 1. The largest absolute Gasteiger partial charge is 0.493 e. The Balaban J connectivity index is 2.49. The summed E-state index contributed by atoms with van der Waals surface area (Å²) in [5.41, 5.74) is 0.678. The second-order valence-corrected chi connectivity index (χ2v) is 4.18. The smallest absolute Gasteiger partial charge is 0.272 e. The monoisotopic (exact) mass is 283 g/mol. The van der Waals surface area contributed by atoms with Gasteiger partial charge in [-0.3, -0.25) is 10.1 Å². The van der Waals surface area contributed by atoms with Crippen molar-refractivity contribution in [1.82, 2.24) is 0 Å². The van der Waals surface area contributed by atoms with E-state index in [4.69, 9.17) is 14.2 Å². The van der Waals surface area contributed by atoms with Crippen molar-refractivity contribution in [3.8, 4) is 5.75 Å². The zero-order valence-corrected chi connectivity index (χ0v) is 12.1. The number of rotatable bonds is 9. The Morgan fingerprint density at radius 2 is 1.90 bits per heavy atom. The average Bonchev–Trinajstić information content (AvgIpc) is 2.39. The maximum Gasteiger partial charge on any atom is 0.272 e. The molecule has 0 aromatic heterocycles. The first-order valence-corrected chi connectivity index (χ1v) is 6.69. The molecule has 1 rings (SSSR count). The van der Waals surface area contributed by atoms with Gasteiger partial charge in [0.25, 0.3) is 5.69 Å². The third-order valence-corrected chi connectivity index (χ3v) is 2.69. The fourth-order valence-corrected chi connectivity index (χ4v) is 1.78. The van der Waals surface area contributed by atoms with E-state index in [-0.39, 0.29) is 12.0 Å². The summed E-state index contributed by atoms with van der Waals surface area (Å²) in [5.74, 6) is 0.611. The topological polar surface area (TPSA) is 70.8 Å². The first-order valence-electron chi connectivity index (χ1n) is 6.69. The lowest BCUT2D eigenvalue weighted by atomic mass is 10.2. The molecule has 0 fully saturated rings. The lowest BCUT2D eigenvalue weighted by Crippen LogP contribution is -2.20. The zero-order chi connectivity index (χ0) is 15.0. The third-order valence-electron chi connectivity index (χ3n) is 2.69. The van der Waals surface area contributed by atoms with Gasteiger partial charge in [-0.15, -0.1) is 0 Å². The van der Waals surface area contributed by atoms with Crippen LogP contribution in [-0.4, -0.2) is 31.0 Å². The molecule has 1 aromatic rings. The first-order chi connectivity index (χ1) is 9.58. The zero-order valence-electron chi connectivity index (χ0n) is 12.1. The van der Waals surface area contributed by atoms with E-state index >= 15 is 0 Å². The molecule has 0 radical (unpaired) electrons. The Bertz CT molecular complexity index is 430. The van der Waals surface area contributed by atoms with Gasteiger partial charge in [-0.2, -0.15) is 0 Å². The van der Waals surface area contributed by atoms with E-state index in [2.05, 4.69) is 0 Å². The van der Waals surface area contributed by atoms with Crippen LogP contribution in [0.4, 0.5) is 5.69 Å². The van der Waals surface area contributed by atoms with Crippen LogP contribution in [0.15, 0.2) is 18.2 Å². The molecule has 1 aromatic carbocycles. The lowest BCUT2D eigenvalue weighted by molar-refractivity contribution is -0.385. The predicted molar refractivity (Wildman–Crippen MR) is 75.0 cm³/mol. The Hall–Kier alpha value is -1.66. The minimum absolute atomic E-state index is 0.0962. The van der Waals surface area contributed by atoms with Crippen LogP contribution in [-0.2, 0) is 9.47 Å². The summed E-state index contributed by atoms with van der Waals surface area (Å²) in [7, 11) is 0. The molecule has 112 valence electrons. The van der Waals surface area contributed by atoms with Gasteiger partial charge in [0.1, 0.15) is 5.75 Å². The Morgan fingerprint density at radius 3 is 2.40 bits per heavy atom. The molecule has 0 atom stereocenters. The number of hydrogen-bond acceptors (Lipinski definition) is 5. The normalized spacial score (nSPS) is 10.8. The lowest BCUT2D eigenvalue weighted by Gasteiger charge is -2.17. The summed E-state index contributed by atoms with van der Waals surface area (Å²) in [6.45, 7) is 7.11. The number of nitro groups is 1. The van der Waals surface area contributed by atoms with Gasteiger partial charge in [0.2, 0.25) is 0 Å². The quantitative estimate of drug-likeness (QED) is 0.395. The Labute approximate surface area is 118 Å². The van der Waals surface area contributed by atoms with Crippen LogP contribution in [0.5, 0.6) is 5.75 Å². The highest BCUT2D eigenvalue weighted by atomic mass is 16.7. The molecule has 6 heteroatoms. The van der Waals surface area contributed by atoms with Crippen LogP contribution < -0.4 is 4.74 Å². The van der Waals surface area contributed by atoms with Gasteiger partial charge >= 0.3 is 0 Å². The van der Waals surface area contributed by atoms with Crippen molar-refractivity contribution in [2.45, 2.75) is 33.5 Å². The molecule has 0 amide bonds. The van der Waals surface area contributed by atoms with E-state index < -0.39 is 4.92 Å². The molecule has 0 aliphatic heterocycles. The van der Waals surface area contributed by atoms with Gasteiger partial charge in [0.05, 0.1) is 11.5 Å². The van der Waals surface area contributed by atoms with Gasteiger partial charge in [0.15, 0.2) is 6.29 Å². The van der Waals surface area contributed by atoms with Crippen molar-refractivity contribution in [1.29, 1.82) is 0 Å². The van der Waals surface area contributed by atoms with Crippen molar-refractivity contribution in [3.63, 3.8) is 0 Å². The number of ether oxygens (including phenoxy) is 3. The maximum atomic E-state index is 10.7. The molecule has 0 N–H and O–H groups in total. The highest BCUT2D eigenvalue weighted by Gasteiger charge is 2.12. The van der Waals surface area contributed by atoms with Crippen molar-refractivity contribution < 1.29 is 19.1 Å². The van der Waals surface area contributed by atoms with Crippen molar-refractivity contribution in [2.75, 3.05) is 19.8 Å². The third kappa shape index (κ3) is 5.14. The SMILES string of the molecule is CCOC(CCOc1ccc([N+](=O)[O-])c(C)c1)OCC. The van der Waals surface area contributed by atoms with Gasteiger partial charge in [0, 0.05) is 31.3 Å². The average molecular weight is 283 g/mol. The number of aryl methyl sites for hydroxylation is 1. The predicted octanol–water partition coefficient (Wildman–Crippen LogP) is 3.07. The first kappa shape index (κ1) is 16.4.